The van der Waals surface area contributed by atoms with Crippen LogP contribution >= 0.6 is 12.2 Å². The van der Waals surface area contributed by atoms with Crippen LogP contribution in [0.3, 0.4) is 0 Å². The lowest BCUT2D eigenvalue weighted by atomic mass is 10.1. The minimum atomic E-state index is -5.01. The highest BCUT2D eigenvalue weighted by molar-refractivity contribution is 7.80. The van der Waals surface area contributed by atoms with Crippen molar-refractivity contribution >= 4 is 52.9 Å². The largest absolute Gasteiger partial charge is 0.508 e. The number of nitrogens with zero attached hydrogens (tertiary/aromatic N) is 3. The molecular weight excluding hydrogens is 493 g/mol. The minimum Gasteiger partial charge on any atom is -0.508 e. The number of Topliss-reactive ketones (excluding diaryl/α,β-unsaturated/α-hetero) is 1. The molecule has 36 heavy (non-hydrogen) atoms. The Hall–Kier alpha value is -4.58. The van der Waals surface area contributed by atoms with Gasteiger partial charge in [-0.2, -0.15) is 18.3 Å². The Morgan fingerprint density at radius 2 is 1.67 bits per heavy atom. The summed E-state index contributed by atoms with van der Waals surface area (Å²) in [5.41, 5.74) is 9.71. The molecule has 0 aromatic heterocycles. The van der Waals surface area contributed by atoms with Crippen LogP contribution in [0.5, 0.6) is 5.75 Å². The fraction of sp³-hybridized carbons (Fsp3) is 0.0417. The number of amidine groups is 1. The van der Waals surface area contributed by atoms with E-state index in [1.165, 1.54) is 42.9 Å². The number of hydrogen-bond donors (Lipinski definition) is 4. The number of carbonyl (C=O) groups is 1. The van der Waals surface area contributed by atoms with Crippen LogP contribution in [0.1, 0.15) is 21.5 Å². The van der Waals surface area contributed by atoms with E-state index in [2.05, 4.69) is 25.8 Å². The Kier molecular flexibility index (Phi) is 8.47. The molecule has 12 heteroatoms. The number of phenolic OH excluding ortho intramolecular Hbond substituents is 1. The van der Waals surface area contributed by atoms with Crippen molar-refractivity contribution in [2.24, 2.45) is 20.8 Å². The molecule has 0 saturated heterocycles. The third-order valence-corrected chi connectivity index (χ3v) is 4.71. The van der Waals surface area contributed by atoms with Crippen molar-refractivity contribution in [3.05, 3.63) is 89.5 Å². The molecule has 5 N–H and O–H groups in total. The summed E-state index contributed by atoms with van der Waals surface area (Å²) in [7, 11) is 0. The van der Waals surface area contributed by atoms with E-state index in [1.807, 2.05) is 0 Å². The highest BCUT2D eigenvalue weighted by Gasteiger charge is 2.40. The van der Waals surface area contributed by atoms with Crippen LogP contribution in [0.4, 0.5) is 24.5 Å². The number of nitrogens with one attached hydrogen (secondary N) is 2. The number of phenols is 1. The number of halogens is 3. The average molecular weight is 513 g/mol. The van der Waals surface area contributed by atoms with Crippen LogP contribution in [0, 0.1) is 0 Å². The van der Waals surface area contributed by atoms with Gasteiger partial charge in [0.2, 0.25) is 0 Å². The van der Waals surface area contributed by atoms with Crippen molar-refractivity contribution in [3.63, 3.8) is 0 Å². The van der Waals surface area contributed by atoms with Gasteiger partial charge in [0.05, 0.1) is 23.2 Å². The molecule has 0 aliphatic heterocycles. The summed E-state index contributed by atoms with van der Waals surface area (Å²) in [5, 5.41) is 15.6. The lowest BCUT2D eigenvalue weighted by Gasteiger charge is -2.12. The molecule has 0 unspecified atom stereocenters. The smallest absolute Gasteiger partial charge is 0.454 e. The number of anilines is 1. The normalized spacial score (nSPS) is 12.1. The molecule has 0 heterocycles. The van der Waals surface area contributed by atoms with E-state index in [0.717, 1.165) is 6.07 Å². The number of para-hydroxylation sites is 1. The summed E-state index contributed by atoms with van der Waals surface area (Å²) in [4.78, 5) is 19.8. The molecule has 0 bridgehead atoms. The average Bonchev–Trinajstić information content (AvgIpc) is 2.85. The zero-order valence-corrected chi connectivity index (χ0v) is 19.2. The number of aromatic hydroxyl groups is 1. The Morgan fingerprint density at radius 1 is 1.00 bits per heavy atom. The fourth-order valence-corrected chi connectivity index (χ4v) is 2.93. The van der Waals surface area contributed by atoms with Crippen LogP contribution in [-0.4, -0.2) is 40.6 Å². The highest BCUT2D eigenvalue weighted by Crippen LogP contribution is 2.26. The molecule has 8 nitrogen and oxygen atoms in total. The van der Waals surface area contributed by atoms with Gasteiger partial charge in [0.15, 0.2) is 5.11 Å². The summed E-state index contributed by atoms with van der Waals surface area (Å²) in [6.45, 7) is 0. The number of rotatable bonds is 7. The second kappa shape index (κ2) is 11.7. The van der Waals surface area contributed by atoms with Gasteiger partial charge in [0.1, 0.15) is 17.9 Å². The third-order valence-electron chi connectivity index (χ3n) is 4.52. The SMILES string of the molecule is NC(=NC=Nc1ccc(O)cc1)c1ccc(/C=N/NC(=S)Nc2ccccc2C(=O)C(F)(F)F)cc1. The van der Waals surface area contributed by atoms with E-state index >= 15 is 0 Å². The first-order valence-corrected chi connectivity index (χ1v) is 10.6. The van der Waals surface area contributed by atoms with E-state index in [0.29, 0.717) is 16.8 Å². The zero-order chi connectivity index (χ0) is 26.1. The molecule has 0 fully saturated rings. The second-order valence-electron chi connectivity index (χ2n) is 7.09. The monoisotopic (exact) mass is 512 g/mol. The highest BCUT2D eigenvalue weighted by atomic mass is 32.1. The summed E-state index contributed by atoms with van der Waals surface area (Å²) < 4.78 is 38.4. The number of nitrogens with two attached hydrogens (primary N) is 1. The molecule has 0 spiro atoms. The van der Waals surface area contributed by atoms with Gasteiger partial charge >= 0.3 is 6.18 Å². The lowest BCUT2D eigenvalue weighted by molar-refractivity contribution is -0.0884. The molecule has 0 amide bonds. The number of alkyl halides is 3. The molecular formula is C24H19F3N6O2S. The predicted molar refractivity (Wildman–Crippen MR) is 137 cm³/mol. The Bertz CT molecular complexity index is 1320. The minimum absolute atomic E-state index is 0.0967. The summed E-state index contributed by atoms with van der Waals surface area (Å²) in [6.07, 6.45) is -2.27. The number of ketones is 1. The quantitative estimate of drug-likeness (QED) is 0.121. The van der Waals surface area contributed by atoms with E-state index in [-0.39, 0.29) is 22.4 Å². The molecule has 0 atom stereocenters. The lowest BCUT2D eigenvalue weighted by Crippen LogP contribution is -2.28. The van der Waals surface area contributed by atoms with Crippen molar-refractivity contribution in [1.29, 1.82) is 0 Å². The van der Waals surface area contributed by atoms with Gasteiger partial charge in [-0.05, 0) is 54.2 Å². The molecule has 0 aliphatic rings. The number of hydrazone groups is 1. The number of hydrogen-bond acceptors (Lipinski definition) is 5. The topological polar surface area (TPSA) is 124 Å². The van der Waals surface area contributed by atoms with Crippen LogP contribution in [-0.2, 0) is 0 Å². The summed E-state index contributed by atoms with van der Waals surface area (Å²) in [6, 6.07) is 18.3. The summed E-state index contributed by atoms with van der Waals surface area (Å²) in [5.74, 6) is -1.61. The zero-order valence-electron chi connectivity index (χ0n) is 18.4. The third kappa shape index (κ3) is 7.46. The van der Waals surface area contributed by atoms with Crippen molar-refractivity contribution in [3.8, 4) is 5.75 Å². The van der Waals surface area contributed by atoms with Crippen molar-refractivity contribution in [1.82, 2.24) is 5.43 Å². The first-order valence-electron chi connectivity index (χ1n) is 10.2. The van der Waals surface area contributed by atoms with E-state index < -0.39 is 17.5 Å². The van der Waals surface area contributed by atoms with Gasteiger partial charge in [-0.25, -0.2) is 9.98 Å². The van der Waals surface area contributed by atoms with Crippen molar-refractivity contribution in [2.45, 2.75) is 6.18 Å². The standard InChI is InChI=1S/C24H19F3N6O2S/c25-24(26,27)21(35)19-3-1-2-4-20(19)32-23(36)33-31-13-15-5-7-16(8-6-15)22(28)30-14-29-17-9-11-18(34)12-10-17/h1-14,34H,(H2,28,29,30)(H2,32,33,36)/b31-13+. The van der Waals surface area contributed by atoms with Gasteiger partial charge < -0.3 is 16.2 Å². The summed E-state index contributed by atoms with van der Waals surface area (Å²) >= 11 is 5.04. The van der Waals surface area contributed by atoms with Crippen molar-refractivity contribution in [2.75, 3.05) is 5.32 Å². The molecule has 3 aromatic rings. The molecule has 3 rings (SSSR count). The van der Waals surface area contributed by atoms with Crippen LogP contribution in [0.25, 0.3) is 0 Å². The van der Waals surface area contributed by atoms with Crippen LogP contribution in [0.2, 0.25) is 0 Å². The molecule has 184 valence electrons. The van der Waals surface area contributed by atoms with E-state index in [4.69, 9.17) is 18.0 Å². The molecule has 0 aliphatic carbocycles. The van der Waals surface area contributed by atoms with Crippen molar-refractivity contribution < 1.29 is 23.1 Å². The van der Waals surface area contributed by atoms with Gasteiger partial charge in [-0.3, -0.25) is 10.2 Å². The maximum absolute atomic E-state index is 12.8. The van der Waals surface area contributed by atoms with Gasteiger partial charge in [-0.15, -0.1) is 0 Å². The van der Waals surface area contributed by atoms with Gasteiger partial charge in [-0.1, -0.05) is 36.4 Å². The molecule has 0 saturated carbocycles. The van der Waals surface area contributed by atoms with E-state index in [9.17, 15) is 23.1 Å². The number of carbonyl (C=O) groups excluding carboxylic acids is 1. The maximum Gasteiger partial charge on any atom is 0.454 e. The number of aliphatic imine (C=N–C) groups is 2. The number of thiocarbonyl (C=S) groups is 1. The van der Waals surface area contributed by atoms with Gasteiger partial charge in [0, 0.05) is 5.56 Å². The molecule has 0 radical (unpaired) electrons. The molecule has 3 aromatic carbocycles. The predicted octanol–water partition coefficient (Wildman–Crippen LogP) is 4.52. The Labute approximate surface area is 209 Å². The van der Waals surface area contributed by atoms with Gasteiger partial charge in [0.25, 0.3) is 5.78 Å². The number of benzene rings is 3. The maximum atomic E-state index is 12.8. The first-order chi connectivity index (χ1) is 17.1. The first kappa shape index (κ1) is 26.0. The van der Waals surface area contributed by atoms with E-state index in [1.54, 1.807) is 36.4 Å². The second-order valence-corrected chi connectivity index (χ2v) is 7.50. The van der Waals surface area contributed by atoms with Crippen LogP contribution < -0.4 is 16.5 Å². The Morgan fingerprint density at radius 3 is 2.33 bits per heavy atom. The van der Waals surface area contributed by atoms with Crippen LogP contribution in [0.15, 0.2) is 87.9 Å². The Balaban J connectivity index is 1.57. The fourth-order valence-electron chi connectivity index (χ4n) is 2.77.